The highest BCUT2D eigenvalue weighted by Crippen LogP contribution is 2.48. The minimum atomic E-state index is -0.139. The quantitative estimate of drug-likeness (QED) is 0.457. The van der Waals surface area contributed by atoms with Crippen LogP contribution in [0.25, 0.3) is 0 Å². The van der Waals surface area contributed by atoms with Gasteiger partial charge in [-0.25, -0.2) is 4.39 Å². The van der Waals surface area contributed by atoms with Crippen molar-refractivity contribution >= 4 is 5.96 Å². The van der Waals surface area contributed by atoms with Crippen molar-refractivity contribution in [3.8, 4) is 0 Å². The summed E-state index contributed by atoms with van der Waals surface area (Å²) < 4.78 is 15.9. The molecule has 5 nitrogen and oxygen atoms in total. The van der Waals surface area contributed by atoms with Gasteiger partial charge in [0.2, 0.25) is 0 Å². The summed E-state index contributed by atoms with van der Waals surface area (Å²) in [6.07, 6.45) is 3.75. The number of nitrogens with one attached hydrogen (secondary N) is 2. The zero-order valence-electron chi connectivity index (χ0n) is 17.6. The van der Waals surface area contributed by atoms with Gasteiger partial charge in [0.05, 0.1) is 6.54 Å². The number of halogens is 1. The Hall–Kier alpha value is -3.41. The summed E-state index contributed by atoms with van der Waals surface area (Å²) in [4.78, 5) is 16.2. The minimum absolute atomic E-state index is 0.00747. The van der Waals surface area contributed by atoms with Gasteiger partial charge in [-0.1, -0.05) is 48.5 Å². The maximum Gasteiger partial charge on any atom is 0.250 e. The van der Waals surface area contributed by atoms with Crippen LogP contribution in [0, 0.1) is 5.82 Å². The Morgan fingerprint density at radius 3 is 2.39 bits per heavy atom. The molecule has 1 aliphatic rings. The van der Waals surface area contributed by atoms with E-state index >= 15 is 0 Å². The zero-order valence-corrected chi connectivity index (χ0v) is 17.6. The Morgan fingerprint density at radius 2 is 1.71 bits per heavy atom. The molecule has 2 N–H and O–H groups in total. The molecule has 0 aliphatic heterocycles. The van der Waals surface area contributed by atoms with Crippen LogP contribution >= 0.6 is 0 Å². The lowest BCUT2D eigenvalue weighted by molar-refractivity contribution is 0.559. The third-order valence-electron chi connectivity index (χ3n) is 5.85. The summed E-state index contributed by atoms with van der Waals surface area (Å²) in [5, 5.41) is 6.67. The highest BCUT2D eigenvalue weighted by Gasteiger charge is 2.45. The van der Waals surface area contributed by atoms with Gasteiger partial charge < -0.3 is 15.2 Å². The molecule has 0 unspecified atom stereocenters. The molecule has 2 aromatic carbocycles. The standard InChI is InChI=1S/C25H27FN4O/c1-27-24(29-18-25(13-14-25)21-6-2-3-7-22(21)26)28-16-19-9-11-20(12-10-19)17-30-15-5-4-8-23(30)31/h2-12,15H,13-14,16-18H2,1H3,(H2,27,28,29). The lowest BCUT2D eigenvalue weighted by Gasteiger charge is -2.19. The summed E-state index contributed by atoms with van der Waals surface area (Å²) in [7, 11) is 1.73. The lowest BCUT2D eigenvalue weighted by atomic mass is 9.95. The molecule has 1 heterocycles. The summed E-state index contributed by atoms with van der Waals surface area (Å²) in [6, 6.07) is 20.4. The van der Waals surface area contributed by atoms with Crippen LogP contribution in [-0.2, 0) is 18.5 Å². The predicted octanol–water partition coefficient (Wildman–Crippen LogP) is 3.43. The van der Waals surface area contributed by atoms with Crippen molar-refractivity contribution in [3.63, 3.8) is 0 Å². The minimum Gasteiger partial charge on any atom is -0.356 e. The maximum absolute atomic E-state index is 14.2. The molecule has 3 aromatic rings. The number of hydrogen-bond donors (Lipinski definition) is 2. The molecule has 160 valence electrons. The van der Waals surface area contributed by atoms with Gasteiger partial charge in [-0.3, -0.25) is 9.79 Å². The molecular formula is C25H27FN4O. The van der Waals surface area contributed by atoms with Crippen molar-refractivity contribution in [2.75, 3.05) is 13.6 Å². The van der Waals surface area contributed by atoms with Crippen molar-refractivity contribution < 1.29 is 4.39 Å². The molecular weight excluding hydrogens is 391 g/mol. The number of hydrogen-bond acceptors (Lipinski definition) is 2. The van der Waals surface area contributed by atoms with Crippen molar-refractivity contribution in [2.24, 2.45) is 4.99 Å². The number of pyridine rings is 1. The Labute approximate surface area is 181 Å². The van der Waals surface area contributed by atoms with Crippen molar-refractivity contribution in [1.82, 2.24) is 15.2 Å². The van der Waals surface area contributed by atoms with E-state index < -0.39 is 0 Å². The van der Waals surface area contributed by atoms with E-state index in [1.54, 1.807) is 36.0 Å². The third kappa shape index (κ3) is 5.02. The van der Waals surface area contributed by atoms with Gasteiger partial charge in [-0.2, -0.15) is 0 Å². The van der Waals surface area contributed by atoms with E-state index in [9.17, 15) is 9.18 Å². The Kier molecular flexibility index (Phi) is 6.16. The fourth-order valence-corrected chi connectivity index (χ4v) is 3.79. The molecule has 0 bridgehead atoms. The molecule has 1 fully saturated rings. The zero-order chi connectivity index (χ0) is 21.7. The second kappa shape index (κ2) is 9.16. The van der Waals surface area contributed by atoms with Crippen molar-refractivity contribution in [3.05, 3.63) is 106 Å². The van der Waals surface area contributed by atoms with Crippen LogP contribution in [0.1, 0.15) is 29.5 Å². The number of rotatable bonds is 7. The van der Waals surface area contributed by atoms with E-state index in [0.717, 1.165) is 29.5 Å². The largest absolute Gasteiger partial charge is 0.356 e. The van der Waals surface area contributed by atoms with Crippen molar-refractivity contribution in [1.29, 1.82) is 0 Å². The first-order valence-corrected chi connectivity index (χ1v) is 10.5. The van der Waals surface area contributed by atoms with Gasteiger partial charge in [-0.05, 0) is 41.7 Å². The summed E-state index contributed by atoms with van der Waals surface area (Å²) in [5.74, 6) is 0.560. The van der Waals surface area contributed by atoms with Crippen LogP contribution in [0.2, 0.25) is 0 Å². The Morgan fingerprint density at radius 1 is 1.00 bits per heavy atom. The van der Waals surface area contributed by atoms with Gasteiger partial charge >= 0.3 is 0 Å². The van der Waals surface area contributed by atoms with Crippen LogP contribution in [0.15, 0.2) is 82.7 Å². The molecule has 0 amide bonds. The van der Waals surface area contributed by atoms with Gasteiger partial charge in [0.15, 0.2) is 5.96 Å². The molecule has 1 saturated carbocycles. The molecule has 1 aromatic heterocycles. The highest BCUT2D eigenvalue weighted by molar-refractivity contribution is 5.79. The van der Waals surface area contributed by atoms with Crippen LogP contribution < -0.4 is 16.2 Å². The SMILES string of the molecule is CN=C(NCc1ccc(Cn2ccccc2=O)cc1)NCC1(c2ccccc2F)CC1. The molecule has 0 spiro atoms. The van der Waals surface area contributed by atoms with E-state index in [1.807, 2.05) is 42.5 Å². The van der Waals surface area contributed by atoms with Gasteiger partial charge in [-0.15, -0.1) is 0 Å². The molecule has 4 rings (SSSR count). The van der Waals surface area contributed by atoms with E-state index in [0.29, 0.717) is 25.6 Å². The third-order valence-corrected chi connectivity index (χ3v) is 5.85. The van der Waals surface area contributed by atoms with Crippen molar-refractivity contribution in [2.45, 2.75) is 31.3 Å². The monoisotopic (exact) mass is 418 g/mol. The van der Waals surface area contributed by atoms with Gasteiger partial charge in [0.1, 0.15) is 5.82 Å². The first kappa shape index (κ1) is 20.8. The fraction of sp³-hybridized carbons (Fsp3) is 0.280. The Bertz CT molecular complexity index is 1120. The van der Waals surface area contributed by atoms with Crippen LogP contribution in [0.3, 0.4) is 0 Å². The molecule has 31 heavy (non-hydrogen) atoms. The summed E-state index contributed by atoms with van der Waals surface area (Å²) >= 11 is 0. The molecule has 0 radical (unpaired) electrons. The predicted molar refractivity (Wildman–Crippen MR) is 122 cm³/mol. The second-order valence-electron chi connectivity index (χ2n) is 8.02. The average Bonchev–Trinajstić information content (AvgIpc) is 3.58. The van der Waals surface area contributed by atoms with Gasteiger partial charge in [0, 0.05) is 37.8 Å². The number of benzene rings is 2. The van der Waals surface area contributed by atoms with E-state index in [4.69, 9.17) is 0 Å². The maximum atomic E-state index is 14.2. The molecule has 0 saturated heterocycles. The second-order valence-corrected chi connectivity index (χ2v) is 8.02. The smallest absolute Gasteiger partial charge is 0.250 e. The van der Waals surface area contributed by atoms with E-state index in [1.165, 1.54) is 6.07 Å². The molecule has 1 aliphatic carbocycles. The van der Waals surface area contributed by atoms with Crippen LogP contribution in [0.4, 0.5) is 4.39 Å². The lowest BCUT2D eigenvalue weighted by Crippen LogP contribution is -2.41. The molecule has 6 heteroatoms. The summed E-state index contributed by atoms with van der Waals surface area (Å²) in [6.45, 7) is 1.82. The number of nitrogens with zero attached hydrogens (tertiary/aromatic N) is 2. The van der Waals surface area contributed by atoms with Gasteiger partial charge in [0.25, 0.3) is 5.56 Å². The average molecular weight is 419 g/mol. The number of aliphatic imine (C=N–C) groups is 1. The fourth-order valence-electron chi connectivity index (χ4n) is 3.79. The Balaban J connectivity index is 1.30. The number of guanidine groups is 1. The topological polar surface area (TPSA) is 58.4 Å². The molecule has 0 atom stereocenters. The highest BCUT2D eigenvalue weighted by atomic mass is 19.1. The van der Waals surface area contributed by atoms with Crippen LogP contribution in [0.5, 0.6) is 0 Å². The summed E-state index contributed by atoms with van der Waals surface area (Å²) in [5.41, 5.74) is 2.82. The first-order chi connectivity index (χ1) is 15.1. The first-order valence-electron chi connectivity index (χ1n) is 10.5. The van der Waals surface area contributed by atoms with E-state index in [-0.39, 0.29) is 16.8 Å². The van der Waals surface area contributed by atoms with Crippen LogP contribution in [-0.4, -0.2) is 24.1 Å². The van der Waals surface area contributed by atoms with E-state index in [2.05, 4.69) is 15.6 Å². The number of aromatic nitrogens is 1. The normalized spacial score (nSPS) is 14.8.